The molecule has 1 N–H and O–H groups in total. The first-order chi connectivity index (χ1) is 10.8. The summed E-state index contributed by atoms with van der Waals surface area (Å²) in [4.78, 5) is 33.9. The summed E-state index contributed by atoms with van der Waals surface area (Å²) in [5.41, 5.74) is 0.534. The van der Waals surface area contributed by atoms with Gasteiger partial charge in [-0.1, -0.05) is 17.8 Å². The predicted molar refractivity (Wildman–Crippen MR) is 85.3 cm³/mol. The molecule has 0 amide bonds. The summed E-state index contributed by atoms with van der Waals surface area (Å²) in [5, 5.41) is 21.1. The van der Waals surface area contributed by atoms with E-state index in [9.17, 15) is 24.8 Å². The number of rotatable bonds is 5. The quantitative estimate of drug-likeness (QED) is 0.507. The lowest BCUT2D eigenvalue weighted by molar-refractivity contribution is -0.387. The molecule has 0 heterocycles. The Morgan fingerprint density at radius 2 is 1.57 bits per heavy atom. The largest absolute Gasteiger partial charge is 0.507 e. The third-order valence-corrected chi connectivity index (χ3v) is 4.26. The van der Waals surface area contributed by atoms with Crippen LogP contribution in [0.3, 0.4) is 0 Å². The number of nitro groups is 1. The fourth-order valence-electron chi connectivity index (χ4n) is 1.91. The Balaban J connectivity index is 2.46. The van der Waals surface area contributed by atoms with Crippen LogP contribution in [0.15, 0.2) is 46.2 Å². The third kappa shape index (κ3) is 3.75. The molecule has 0 aromatic heterocycles. The highest BCUT2D eigenvalue weighted by Gasteiger charge is 2.18. The summed E-state index contributed by atoms with van der Waals surface area (Å²) in [7, 11) is 0. The van der Waals surface area contributed by atoms with Crippen LogP contribution in [0.5, 0.6) is 5.75 Å². The van der Waals surface area contributed by atoms with Gasteiger partial charge in [-0.15, -0.1) is 0 Å². The van der Waals surface area contributed by atoms with Crippen LogP contribution >= 0.6 is 11.8 Å². The van der Waals surface area contributed by atoms with E-state index in [1.54, 1.807) is 0 Å². The Labute approximate surface area is 136 Å². The molecule has 0 unspecified atom stereocenters. The second kappa shape index (κ2) is 6.62. The lowest BCUT2D eigenvalue weighted by atomic mass is 10.1. The Kier molecular flexibility index (Phi) is 4.80. The molecule has 6 nitrogen and oxygen atoms in total. The molecule has 0 fully saturated rings. The molecule has 0 radical (unpaired) electrons. The lowest BCUT2D eigenvalue weighted by Crippen LogP contribution is -1.96. The average molecular weight is 331 g/mol. The maximum atomic E-state index is 11.5. The minimum Gasteiger partial charge on any atom is -0.507 e. The Morgan fingerprint density at radius 1 is 1.00 bits per heavy atom. The number of nitro benzene ring substituents is 1. The van der Waals surface area contributed by atoms with Gasteiger partial charge in [0.25, 0.3) is 5.69 Å². The van der Waals surface area contributed by atoms with E-state index in [1.807, 2.05) is 0 Å². The monoisotopic (exact) mass is 331 g/mol. The predicted octanol–water partition coefficient (Wildman–Crippen LogP) is 3.86. The van der Waals surface area contributed by atoms with E-state index in [-0.39, 0.29) is 27.9 Å². The smallest absolute Gasteiger partial charge is 0.283 e. The van der Waals surface area contributed by atoms with Gasteiger partial charge in [0.2, 0.25) is 0 Å². The number of phenolic OH excluding ortho intramolecular Hbond substituents is 1. The van der Waals surface area contributed by atoms with Crippen molar-refractivity contribution in [2.24, 2.45) is 0 Å². The average Bonchev–Trinajstić information content (AvgIpc) is 2.48. The first-order valence-corrected chi connectivity index (χ1v) is 7.42. The van der Waals surface area contributed by atoms with Gasteiger partial charge in [-0.25, -0.2) is 0 Å². The number of carbonyl (C=O) groups excluding carboxylic acids is 2. The first-order valence-electron chi connectivity index (χ1n) is 6.60. The zero-order valence-corrected chi connectivity index (χ0v) is 13.2. The minimum atomic E-state index is -0.548. The molecule has 0 atom stereocenters. The molecule has 0 saturated heterocycles. The summed E-state index contributed by atoms with van der Waals surface area (Å²) in [6, 6.07) is 8.43. The molecule has 118 valence electrons. The molecule has 2 aromatic carbocycles. The van der Waals surface area contributed by atoms with E-state index in [0.29, 0.717) is 16.0 Å². The van der Waals surface area contributed by atoms with Gasteiger partial charge in [-0.3, -0.25) is 19.7 Å². The number of Topliss-reactive ketones (excluding diaryl/α,β-unsaturated/α-hetero) is 2. The van der Waals surface area contributed by atoms with Crippen molar-refractivity contribution in [2.75, 3.05) is 0 Å². The second-order valence-corrected chi connectivity index (χ2v) is 5.92. The Bertz CT molecular complexity index is 816. The van der Waals surface area contributed by atoms with Crippen LogP contribution in [0.2, 0.25) is 0 Å². The summed E-state index contributed by atoms with van der Waals surface area (Å²) in [6.07, 6.45) is 0. The molecule has 0 spiro atoms. The van der Waals surface area contributed by atoms with Crippen LogP contribution < -0.4 is 0 Å². The van der Waals surface area contributed by atoms with Crippen LogP contribution in [0, 0.1) is 10.1 Å². The van der Waals surface area contributed by atoms with E-state index >= 15 is 0 Å². The normalized spacial score (nSPS) is 10.3. The van der Waals surface area contributed by atoms with E-state index in [4.69, 9.17) is 0 Å². The number of hydrogen-bond acceptors (Lipinski definition) is 6. The SMILES string of the molecule is CC(=O)c1ccc(Sc2cc(C(C)=O)ccc2[N+](=O)[O-])c(O)c1. The van der Waals surface area contributed by atoms with E-state index in [0.717, 1.165) is 11.8 Å². The number of aromatic hydroxyl groups is 1. The maximum Gasteiger partial charge on any atom is 0.283 e. The van der Waals surface area contributed by atoms with Crippen molar-refractivity contribution >= 4 is 29.0 Å². The number of phenols is 1. The van der Waals surface area contributed by atoms with Crippen molar-refractivity contribution in [1.82, 2.24) is 0 Å². The van der Waals surface area contributed by atoms with Gasteiger partial charge in [0, 0.05) is 17.2 Å². The van der Waals surface area contributed by atoms with Crippen molar-refractivity contribution in [3.8, 4) is 5.75 Å². The van der Waals surface area contributed by atoms with Crippen molar-refractivity contribution in [1.29, 1.82) is 0 Å². The van der Waals surface area contributed by atoms with Crippen LogP contribution in [0.25, 0.3) is 0 Å². The highest BCUT2D eigenvalue weighted by molar-refractivity contribution is 7.99. The summed E-state index contributed by atoms with van der Waals surface area (Å²) in [6.45, 7) is 2.75. The van der Waals surface area contributed by atoms with Crippen LogP contribution in [-0.2, 0) is 0 Å². The molecule has 0 saturated carbocycles. The van der Waals surface area contributed by atoms with Crippen molar-refractivity contribution in [3.05, 3.63) is 57.6 Å². The van der Waals surface area contributed by atoms with Gasteiger partial charge in [0.1, 0.15) is 5.75 Å². The number of ketones is 2. The van der Waals surface area contributed by atoms with Gasteiger partial charge in [0.15, 0.2) is 11.6 Å². The summed E-state index contributed by atoms with van der Waals surface area (Å²) < 4.78 is 0. The van der Waals surface area contributed by atoms with E-state index in [2.05, 4.69) is 0 Å². The molecular formula is C16H13NO5S. The minimum absolute atomic E-state index is 0.148. The fraction of sp³-hybridized carbons (Fsp3) is 0.125. The van der Waals surface area contributed by atoms with Crippen molar-refractivity contribution < 1.29 is 19.6 Å². The molecule has 0 aliphatic carbocycles. The highest BCUT2D eigenvalue weighted by Crippen LogP contribution is 2.39. The molecule has 0 aliphatic heterocycles. The molecule has 0 aliphatic rings. The number of carbonyl (C=O) groups is 2. The topological polar surface area (TPSA) is 97.5 Å². The van der Waals surface area contributed by atoms with Gasteiger partial charge < -0.3 is 5.11 Å². The Morgan fingerprint density at radius 3 is 2.09 bits per heavy atom. The van der Waals surface area contributed by atoms with Crippen LogP contribution in [0.1, 0.15) is 34.6 Å². The zero-order chi connectivity index (χ0) is 17.1. The first kappa shape index (κ1) is 16.7. The van der Waals surface area contributed by atoms with Gasteiger partial charge in [-0.2, -0.15) is 0 Å². The van der Waals surface area contributed by atoms with Crippen LogP contribution in [0.4, 0.5) is 5.69 Å². The Hall–Kier alpha value is -2.67. The zero-order valence-electron chi connectivity index (χ0n) is 12.4. The molecule has 2 rings (SSSR count). The molecule has 2 aromatic rings. The van der Waals surface area contributed by atoms with Gasteiger partial charge in [0.05, 0.1) is 14.7 Å². The molecule has 23 heavy (non-hydrogen) atoms. The number of hydrogen-bond donors (Lipinski definition) is 1. The van der Waals surface area contributed by atoms with E-state index < -0.39 is 4.92 Å². The summed E-state index contributed by atoms with van der Waals surface area (Å²) in [5.74, 6) is -0.551. The summed E-state index contributed by atoms with van der Waals surface area (Å²) >= 11 is 0.966. The lowest BCUT2D eigenvalue weighted by Gasteiger charge is -2.07. The van der Waals surface area contributed by atoms with Gasteiger partial charge >= 0.3 is 0 Å². The highest BCUT2D eigenvalue weighted by atomic mass is 32.2. The molecule has 7 heteroatoms. The standard InChI is InChI=1S/C16H13NO5S/c1-9(18)11-4-6-15(14(20)7-11)23-16-8-12(10(2)19)3-5-13(16)17(21)22/h3-8,20H,1-2H3. The molecule has 0 bridgehead atoms. The molecular weight excluding hydrogens is 318 g/mol. The fourth-order valence-corrected chi connectivity index (χ4v) is 2.88. The van der Waals surface area contributed by atoms with Crippen LogP contribution in [-0.4, -0.2) is 21.6 Å². The van der Waals surface area contributed by atoms with Crippen molar-refractivity contribution in [2.45, 2.75) is 23.6 Å². The number of benzene rings is 2. The number of nitrogens with zero attached hydrogens (tertiary/aromatic N) is 1. The second-order valence-electron chi connectivity index (χ2n) is 4.84. The maximum absolute atomic E-state index is 11.5. The third-order valence-electron chi connectivity index (χ3n) is 3.15. The van der Waals surface area contributed by atoms with E-state index in [1.165, 1.54) is 50.2 Å². The van der Waals surface area contributed by atoms with Gasteiger partial charge in [-0.05, 0) is 38.1 Å². The van der Waals surface area contributed by atoms with Crippen molar-refractivity contribution in [3.63, 3.8) is 0 Å².